The third-order valence-electron chi connectivity index (χ3n) is 14.0. The van der Waals surface area contributed by atoms with E-state index in [2.05, 4.69) is 23.7 Å². The van der Waals surface area contributed by atoms with Crippen LogP contribution in [0.1, 0.15) is 73.9 Å². The van der Waals surface area contributed by atoms with Gasteiger partial charge in [-0.05, 0) is 106 Å². The maximum absolute atomic E-state index is 10.9. The molecule has 1 fully saturated rings. The van der Waals surface area contributed by atoms with Gasteiger partial charge in [-0.2, -0.15) is 0 Å². The zero-order valence-electron chi connectivity index (χ0n) is 55.5. The van der Waals surface area contributed by atoms with E-state index < -0.39 is 189 Å². The highest BCUT2D eigenvalue weighted by Crippen LogP contribution is 2.60. The van der Waals surface area contributed by atoms with Gasteiger partial charge in [0.1, 0.15) is 11.2 Å². The number of furan rings is 1. The Hall–Kier alpha value is -7.21. The van der Waals surface area contributed by atoms with Crippen molar-refractivity contribution in [3.63, 3.8) is 0 Å². The average molecular weight is 863 g/mol. The molecule has 1 aliphatic heterocycles. The molecule has 0 amide bonds. The molecule has 1 aliphatic carbocycles. The van der Waals surface area contributed by atoms with Crippen LogP contribution in [0.2, 0.25) is 0 Å². The number of benzene rings is 8. The first-order chi connectivity index (χ1) is 40.2. The Kier molecular flexibility index (Phi) is 4.76. The fourth-order valence-corrected chi connectivity index (χ4v) is 14.5. The highest BCUT2D eigenvalue weighted by atomic mass is 28.3. The maximum atomic E-state index is 10.9. The van der Waals surface area contributed by atoms with Crippen molar-refractivity contribution >= 4 is 94.7 Å². The van der Waals surface area contributed by atoms with E-state index in [9.17, 15) is 20.6 Å². The van der Waals surface area contributed by atoms with Crippen molar-refractivity contribution in [3.8, 4) is 5.69 Å². The van der Waals surface area contributed by atoms with Crippen LogP contribution in [-0.2, 0) is 5.41 Å². The number of hydrogen-bond donors (Lipinski definition) is 0. The second-order valence-electron chi connectivity index (χ2n) is 17.0. The lowest BCUT2D eigenvalue weighted by molar-refractivity contribution is 0.194. The molecule has 0 spiro atoms. The van der Waals surface area contributed by atoms with Crippen LogP contribution in [0.3, 0.4) is 0 Å². The van der Waals surface area contributed by atoms with Gasteiger partial charge in [-0.25, -0.2) is 0 Å². The normalized spacial score (nSPS) is 23.2. The first-order valence-electron chi connectivity index (χ1n) is 31.6. The summed E-state index contributed by atoms with van der Waals surface area (Å²) >= 11 is 0. The molecule has 11 aromatic rings. The molecule has 2 aliphatic rings. The van der Waals surface area contributed by atoms with Gasteiger partial charge < -0.3 is 13.9 Å². The molecule has 5 heteroatoms. The Labute approximate surface area is 403 Å². The predicted molar refractivity (Wildman–Crippen MR) is 270 cm³/mol. The third kappa shape index (κ3) is 5.07. The van der Waals surface area contributed by atoms with Crippen molar-refractivity contribution in [1.82, 2.24) is 9.55 Å². The molecule has 8 aromatic carbocycles. The van der Waals surface area contributed by atoms with Gasteiger partial charge in [0, 0.05) is 62.0 Å². The summed E-state index contributed by atoms with van der Waals surface area (Å²) in [4.78, 5) is 6.92. The second kappa shape index (κ2) is 13.9. The quantitative estimate of drug-likeness (QED) is 0.123. The van der Waals surface area contributed by atoms with Gasteiger partial charge in [0.15, 0.2) is 8.07 Å². The summed E-state index contributed by atoms with van der Waals surface area (Å²) in [6.07, 6.45) is 7.46. The average Bonchev–Trinajstić information content (AvgIpc) is 1.80. The van der Waals surface area contributed by atoms with Crippen molar-refractivity contribution in [1.29, 1.82) is 0 Å². The van der Waals surface area contributed by atoms with Crippen LogP contribution in [0.25, 0.3) is 60.2 Å². The number of pyridine rings is 1. The smallest absolute Gasteiger partial charge is 0.179 e. The number of hydrogen-bond acceptors (Lipinski definition) is 3. The lowest BCUT2D eigenvalue weighted by Gasteiger charge is -2.50. The zero-order valence-corrected chi connectivity index (χ0v) is 35.5. The van der Waals surface area contributed by atoms with E-state index in [1.54, 1.807) is 12.3 Å². The molecule has 13 rings (SSSR count). The molecular formula is C59H47N3OSi. The minimum Gasteiger partial charge on any atom is -0.456 e. The monoisotopic (exact) mass is 862 g/mol. The van der Waals surface area contributed by atoms with E-state index in [1.807, 2.05) is 60.8 Å². The van der Waals surface area contributed by atoms with Gasteiger partial charge in [0.25, 0.3) is 0 Å². The molecule has 2 atom stereocenters. The van der Waals surface area contributed by atoms with Gasteiger partial charge in [0.2, 0.25) is 0 Å². The number of aromatic nitrogens is 2. The van der Waals surface area contributed by atoms with E-state index >= 15 is 0 Å². The van der Waals surface area contributed by atoms with E-state index in [1.165, 1.54) is 4.57 Å². The summed E-state index contributed by atoms with van der Waals surface area (Å²) < 4.78 is 207. The minimum absolute atomic E-state index is 0.293. The number of nitrogens with zero attached hydrogens (tertiary/aromatic N) is 3. The van der Waals surface area contributed by atoms with Gasteiger partial charge >= 0.3 is 0 Å². The van der Waals surface area contributed by atoms with E-state index in [4.69, 9.17) is 12.6 Å². The largest absolute Gasteiger partial charge is 0.456 e. The fraction of sp³-hybridized carbons (Fsp3) is 0.136. The number of anilines is 2. The Morgan fingerprint density at radius 3 is 2.16 bits per heavy atom. The van der Waals surface area contributed by atoms with E-state index in [0.29, 0.717) is 21.8 Å². The molecule has 4 nitrogen and oxygen atoms in total. The van der Waals surface area contributed by atoms with Crippen LogP contribution in [0, 0.1) is 0 Å². The molecule has 4 heterocycles. The molecule has 0 N–H and O–H groups in total. The topological polar surface area (TPSA) is 34.2 Å². The van der Waals surface area contributed by atoms with Crippen molar-refractivity contribution in [2.45, 2.75) is 50.5 Å². The molecule has 308 valence electrons. The highest BCUT2D eigenvalue weighted by molar-refractivity contribution is 7.20. The second-order valence-corrected chi connectivity index (χ2v) is 20.5. The van der Waals surface area contributed by atoms with Crippen LogP contribution in [0.15, 0.2) is 204 Å². The number of para-hydroxylation sites is 1. The van der Waals surface area contributed by atoms with Crippen LogP contribution in [0.5, 0.6) is 0 Å². The Morgan fingerprint density at radius 2 is 1.31 bits per heavy atom. The number of fused-ring (bicyclic) bond motifs is 11. The molecule has 1 saturated carbocycles. The lowest BCUT2D eigenvalue weighted by atomic mass is 9.62. The van der Waals surface area contributed by atoms with Gasteiger partial charge in [-0.3, -0.25) is 4.98 Å². The molecular weight excluding hydrogens is 795 g/mol. The van der Waals surface area contributed by atoms with E-state index in [0.717, 1.165) is 53.4 Å². The summed E-state index contributed by atoms with van der Waals surface area (Å²) in [7, 11) is -6.29. The van der Waals surface area contributed by atoms with Crippen molar-refractivity contribution in [2.24, 2.45) is 0 Å². The van der Waals surface area contributed by atoms with Crippen molar-refractivity contribution in [2.75, 3.05) is 4.90 Å². The summed E-state index contributed by atoms with van der Waals surface area (Å²) in [6.45, 7) is 4.53. The first-order valence-corrected chi connectivity index (χ1v) is 23.1. The highest BCUT2D eigenvalue weighted by Gasteiger charge is 2.57. The van der Waals surface area contributed by atoms with Crippen LogP contribution in [-0.4, -0.2) is 23.2 Å². The standard InChI is InChI=1S/C59H47N3OSi/c1-58-33-13-14-34-59(58,2)62(53-32-35-60-39-51(53)58)42-27-30-52-50(37-42)57-47-23-10-9-16-40(47)26-29-54(57)61(52)41-17-15-22-45(36-41)64(43-18-5-3-6-19-43,44-20-7-4-8-21-44)46-28-31-56-49(38-46)48-24-11-12-25-55(48)63-56/h3-12,15-32,35-39H,13-14,33-34H2,1-2H3/i3D,4D,5D,6D,7D,8D,11D,12D,15D,17D,18D,19D,20D,21D,22D,24D,25D,28D,31D,36D,38D. The minimum atomic E-state index is -6.29. The maximum Gasteiger partial charge on any atom is 0.179 e. The summed E-state index contributed by atoms with van der Waals surface area (Å²) in [5.74, 6) is 0. The Balaban J connectivity index is 1.26. The van der Waals surface area contributed by atoms with Gasteiger partial charge in [0.05, 0.1) is 45.4 Å². The molecule has 0 saturated heterocycles. The Bertz CT molecular complexity index is 4760. The SMILES string of the molecule is [2H]c1c([2H])c([2H])c([Si](c2c([2H])c([2H])c([2H])c([2H])c2[2H])(c2c([2H])c([2H])c([2H])c(-n3c4ccc(N5c6ccncc6C6(C)CCCCC56C)cc4c4c5ccccc5ccc43)c2[2H])c2c([2H])c([2H])c3oc4c([2H])c([2H])c([2H])c([2H])c4c3c2[2H])c([2H])c1[2H]. The van der Waals surface area contributed by atoms with Gasteiger partial charge in [-0.1, -0.05) is 153 Å². The molecule has 3 aromatic heterocycles. The predicted octanol–water partition coefficient (Wildman–Crippen LogP) is 12.4. The third-order valence-corrected chi connectivity index (χ3v) is 18.0. The van der Waals surface area contributed by atoms with Crippen LogP contribution in [0.4, 0.5) is 11.4 Å². The number of rotatable bonds is 6. The van der Waals surface area contributed by atoms with E-state index in [-0.39, 0.29) is 5.41 Å². The van der Waals surface area contributed by atoms with Crippen molar-refractivity contribution < 1.29 is 33.2 Å². The summed E-state index contributed by atoms with van der Waals surface area (Å²) in [5, 5.41) is -1.97. The molecule has 0 radical (unpaired) electrons. The fourth-order valence-electron chi connectivity index (χ4n) is 10.9. The summed E-state index contributed by atoms with van der Waals surface area (Å²) in [6, 6.07) is -1.54. The van der Waals surface area contributed by atoms with Crippen LogP contribution >= 0.6 is 0 Å². The first kappa shape index (κ1) is 21.9. The van der Waals surface area contributed by atoms with Gasteiger partial charge in [-0.15, -0.1) is 0 Å². The summed E-state index contributed by atoms with van der Waals surface area (Å²) in [5.41, 5.74) is 1.24. The molecule has 2 unspecified atom stereocenters. The Morgan fingerprint density at radius 1 is 0.594 bits per heavy atom. The lowest BCUT2D eigenvalue weighted by Crippen LogP contribution is -2.74. The molecule has 64 heavy (non-hydrogen) atoms. The molecule has 0 bridgehead atoms. The zero-order chi connectivity index (χ0) is 60.9. The van der Waals surface area contributed by atoms with Crippen LogP contribution < -0.4 is 25.6 Å². The van der Waals surface area contributed by atoms with Crippen molar-refractivity contribution in [3.05, 3.63) is 206 Å².